The summed E-state index contributed by atoms with van der Waals surface area (Å²) in [6.45, 7) is 8.79. The van der Waals surface area contributed by atoms with Crippen LogP contribution in [0.1, 0.15) is 42.9 Å². The Morgan fingerprint density at radius 2 is 1.09 bits per heavy atom. The Balaban J connectivity index is 0.996. The molecular weight excluding hydrogens is 705 g/mol. The molecule has 0 aliphatic heterocycles. The third kappa shape index (κ3) is 4.74. The minimum absolute atomic E-state index is 0.0625. The van der Waals surface area contributed by atoms with Gasteiger partial charge in [-0.15, -0.1) is 0 Å². The van der Waals surface area contributed by atoms with E-state index in [1.54, 1.807) is 4.57 Å². The van der Waals surface area contributed by atoms with Gasteiger partial charge in [0, 0.05) is 44.2 Å². The van der Waals surface area contributed by atoms with Crippen LogP contribution in [0.3, 0.4) is 0 Å². The summed E-state index contributed by atoms with van der Waals surface area (Å²) < 4.78 is 77.9. The zero-order valence-corrected chi connectivity index (χ0v) is 32.3. The molecule has 0 fully saturated rings. The van der Waals surface area contributed by atoms with Crippen molar-refractivity contribution in [3.63, 3.8) is 0 Å². The summed E-state index contributed by atoms with van der Waals surface area (Å²) in [4.78, 5) is 2.31. The van der Waals surface area contributed by atoms with Crippen LogP contribution in [0.25, 0.3) is 93.2 Å². The first-order valence-corrected chi connectivity index (χ1v) is 19.6. The molecular formula is C55H40N2O. The molecule has 1 aliphatic carbocycles. The standard InChI is InChI=1S/C55H40N2O/c1-33-13-5-8-19-49(33)56(52-22-12-17-43-42-16-11-18-48(55(2,3)4)53(42)58-54(43)52)38-25-23-34-29-44-46(31-36(34)27-38)45-30-35-24-26-39(28-37(35)32-47(44)45)57-50-20-9-6-14-40(50)41-15-7-10-21-51(41)57/h5-32H,1-4H3/i6D,7D,9D,10D,14D,15D,20D,21D. The van der Waals surface area contributed by atoms with Crippen molar-refractivity contribution in [2.75, 3.05) is 4.90 Å². The van der Waals surface area contributed by atoms with Crippen molar-refractivity contribution < 1.29 is 15.4 Å². The lowest BCUT2D eigenvalue weighted by molar-refractivity contribution is 0.573. The van der Waals surface area contributed by atoms with Gasteiger partial charge >= 0.3 is 0 Å². The van der Waals surface area contributed by atoms with Crippen molar-refractivity contribution in [1.29, 1.82) is 0 Å². The number of aromatic nitrogens is 1. The Hall–Kier alpha value is -7.10. The molecule has 1 aliphatic rings. The topological polar surface area (TPSA) is 21.3 Å². The Morgan fingerprint density at radius 1 is 0.517 bits per heavy atom. The van der Waals surface area contributed by atoms with Gasteiger partial charge in [-0.2, -0.15) is 0 Å². The fraction of sp³-hybridized carbons (Fsp3) is 0.0909. The van der Waals surface area contributed by atoms with Crippen molar-refractivity contribution in [2.24, 2.45) is 0 Å². The van der Waals surface area contributed by atoms with Crippen LogP contribution in [-0.4, -0.2) is 4.57 Å². The summed E-state index contributed by atoms with van der Waals surface area (Å²) in [5.74, 6) is 0. The Morgan fingerprint density at radius 3 is 1.76 bits per heavy atom. The summed E-state index contributed by atoms with van der Waals surface area (Å²) in [5, 5.41) is 6.32. The fourth-order valence-corrected chi connectivity index (χ4v) is 9.15. The lowest BCUT2D eigenvalue weighted by atomic mass is 9.78. The molecule has 2 aromatic heterocycles. The molecule has 0 saturated carbocycles. The maximum absolute atomic E-state index is 8.96. The van der Waals surface area contributed by atoms with Crippen molar-refractivity contribution >= 4 is 82.4 Å². The highest BCUT2D eigenvalue weighted by Crippen LogP contribution is 2.52. The van der Waals surface area contributed by atoms with E-state index in [1.807, 2.05) is 18.2 Å². The van der Waals surface area contributed by atoms with Crippen LogP contribution >= 0.6 is 0 Å². The van der Waals surface area contributed by atoms with Gasteiger partial charge in [0.15, 0.2) is 5.58 Å². The molecule has 2 heterocycles. The van der Waals surface area contributed by atoms with Crippen molar-refractivity contribution in [3.05, 3.63) is 181 Å². The molecule has 0 saturated heterocycles. The maximum atomic E-state index is 8.96. The van der Waals surface area contributed by atoms with Gasteiger partial charge in [-0.05, 0) is 134 Å². The summed E-state index contributed by atoms with van der Waals surface area (Å²) >= 11 is 0. The molecule has 58 heavy (non-hydrogen) atoms. The lowest BCUT2D eigenvalue weighted by Crippen LogP contribution is -2.11. The zero-order valence-electron chi connectivity index (χ0n) is 40.3. The predicted octanol–water partition coefficient (Wildman–Crippen LogP) is 15.7. The molecule has 0 spiro atoms. The number of nitrogens with zero attached hydrogens (tertiary/aromatic N) is 2. The van der Waals surface area contributed by atoms with Crippen LogP contribution in [0.5, 0.6) is 0 Å². The van der Waals surface area contributed by atoms with E-state index >= 15 is 0 Å². The number of hydrogen-bond acceptors (Lipinski definition) is 2. The van der Waals surface area contributed by atoms with Gasteiger partial charge in [0.1, 0.15) is 5.58 Å². The normalized spacial score (nSPS) is 14.4. The molecule has 3 nitrogen and oxygen atoms in total. The number of furan rings is 1. The minimum Gasteiger partial charge on any atom is -0.454 e. The Bertz CT molecular complexity index is 3910. The third-order valence-corrected chi connectivity index (χ3v) is 12.0. The molecule has 0 N–H and O–H groups in total. The molecule has 0 amide bonds. The summed E-state index contributed by atoms with van der Waals surface area (Å²) in [5.41, 5.74) is 12.2. The van der Waals surface area contributed by atoms with E-state index in [1.165, 1.54) is 5.56 Å². The van der Waals surface area contributed by atoms with Crippen molar-refractivity contribution in [1.82, 2.24) is 4.57 Å². The summed E-state index contributed by atoms with van der Waals surface area (Å²) in [7, 11) is 0. The second-order valence-corrected chi connectivity index (χ2v) is 16.5. The number of rotatable bonds is 4. The average molecular weight is 753 g/mol. The average Bonchev–Trinajstić information content (AvgIpc) is 3.88. The van der Waals surface area contributed by atoms with E-state index < -0.39 is 24.2 Å². The van der Waals surface area contributed by atoms with Crippen LogP contribution in [0.4, 0.5) is 17.1 Å². The van der Waals surface area contributed by atoms with Crippen LogP contribution in [0, 0.1) is 6.92 Å². The number of hydrogen-bond donors (Lipinski definition) is 0. The zero-order chi connectivity index (χ0) is 45.8. The van der Waals surface area contributed by atoms with E-state index in [-0.39, 0.29) is 51.4 Å². The van der Waals surface area contributed by atoms with Crippen molar-refractivity contribution in [2.45, 2.75) is 33.1 Å². The molecule has 276 valence electrons. The highest BCUT2D eigenvalue weighted by molar-refractivity contribution is 6.14. The number of aryl methyl sites for hydroxylation is 1. The second-order valence-electron chi connectivity index (χ2n) is 16.5. The lowest BCUT2D eigenvalue weighted by Gasteiger charge is -2.28. The highest BCUT2D eigenvalue weighted by Gasteiger charge is 2.27. The fourth-order valence-electron chi connectivity index (χ4n) is 9.15. The number of para-hydroxylation sites is 5. The molecule has 11 aromatic rings. The van der Waals surface area contributed by atoms with Crippen LogP contribution in [0.15, 0.2) is 174 Å². The van der Waals surface area contributed by atoms with E-state index in [0.717, 1.165) is 88.4 Å². The van der Waals surface area contributed by atoms with E-state index in [9.17, 15) is 0 Å². The Kier molecular flexibility index (Phi) is 5.35. The third-order valence-electron chi connectivity index (χ3n) is 12.0. The van der Waals surface area contributed by atoms with Gasteiger partial charge in [-0.25, -0.2) is 0 Å². The van der Waals surface area contributed by atoms with E-state index in [4.69, 9.17) is 15.4 Å². The first-order chi connectivity index (χ1) is 31.6. The van der Waals surface area contributed by atoms with Gasteiger partial charge in [0.2, 0.25) is 0 Å². The number of benzene rings is 9. The van der Waals surface area contributed by atoms with Crippen LogP contribution in [0.2, 0.25) is 0 Å². The quantitative estimate of drug-likeness (QED) is 0.179. The van der Waals surface area contributed by atoms with E-state index in [2.05, 4.69) is 136 Å². The predicted molar refractivity (Wildman–Crippen MR) is 246 cm³/mol. The first kappa shape index (κ1) is 25.9. The summed E-state index contributed by atoms with van der Waals surface area (Å²) in [6, 6.07) is 39.3. The minimum atomic E-state index is -0.460. The summed E-state index contributed by atoms with van der Waals surface area (Å²) in [6.07, 6.45) is 0. The first-order valence-electron chi connectivity index (χ1n) is 23.6. The van der Waals surface area contributed by atoms with Crippen LogP contribution in [-0.2, 0) is 5.41 Å². The molecule has 0 unspecified atom stereocenters. The number of fused-ring (bicyclic) bond motifs is 12. The maximum Gasteiger partial charge on any atom is 0.159 e. The van der Waals surface area contributed by atoms with Crippen molar-refractivity contribution in [3.8, 4) is 27.9 Å². The molecule has 0 atom stereocenters. The highest BCUT2D eigenvalue weighted by atomic mass is 16.3. The largest absolute Gasteiger partial charge is 0.454 e. The monoisotopic (exact) mass is 752 g/mol. The van der Waals surface area contributed by atoms with Gasteiger partial charge in [-0.1, -0.05) is 118 Å². The molecule has 0 radical (unpaired) electrons. The Labute approximate surface area is 348 Å². The smallest absolute Gasteiger partial charge is 0.159 e. The van der Waals surface area contributed by atoms with Gasteiger partial charge in [0.25, 0.3) is 0 Å². The SMILES string of the molecule is [2H]c1c([2H])c([2H])c2c(c1[2H])c1c([2H])c([2H])c([2H])c([2H])c1n2-c1ccc2cc3c(cc2c1)-c1cc2ccc(N(c4ccccc4C)c4cccc5c4oc4c(C(C)(C)C)cccc45)cc2cc1-3. The van der Waals surface area contributed by atoms with Gasteiger partial charge in [-0.3, -0.25) is 0 Å². The molecule has 3 heteroatoms. The second kappa shape index (κ2) is 12.0. The van der Waals surface area contributed by atoms with E-state index in [0.29, 0.717) is 5.69 Å². The number of anilines is 3. The molecule has 12 rings (SSSR count). The molecule has 9 aromatic carbocycles. The van der Waals surface area contributed by atoms with Gasteiger partial charge in [0.05, 0.1) is 27.7 Å². The van der Waals surface area contributed by atoms with Crippen LogP contribution < -0.4 is 4.90 Å². The van der Waals surface area contributed by atoms with Gasteiger partial charge < -0.3 is 13.9 Å². The molecule has 0 bridgehead atoms.